The van der Waals surface area contributed by atoms with Gasteiger partial charge < -0.3 is 19.7 Å². The first kappa shape index (κ1) is 20.9. The van der Waals surface area contributed by atoms with E-state index in [2.05, 4.69) is 5.32 Å². The molecule has 1 heterocycles. The average molecular weight is 389 g/mol. The van der Waals surface area contributed by atoms with Gasteiger partial charge in [0.2, 0.25) is 0 Å². The van der Waals surface area contributed by atoms with Crippen LogP contribution in [0.2, 0.25) is 0 Å². The molecule has 0 spiro atoms. The number of para-hydroxylation sites is 1. The second-order valence-electron chi connectivity index (χ2n) is 7.25. The molecule has 9 nitrogen and oxygen atoms in total. The molecule has 2 aromatic rings. The van der Waals surface area contributed by atoms with Gasteiger partial charge in [0, 0.05) is 29.9 Å². The predicted molar refractivity (Wildman–Crippen MR) is 101 cm³/mol. The highest BCUT2D eigenvalue weighted by atomic mass is 16.6. The van der Waals surface area contributed by atoms with E-state index in [-0.39, 0.29) is 18.7 Å². The maximum atomic E-state index is 11.9. The van der Waals surface area contributed by atoms with Gasteiger partial charge in [0.25, 0.3) is 5.69 Å². The third-order valence-electron chi connectivity index (χ3n) is 3.85. The van der Waals surface area contributed by atoms with Crippen LogP contribution in [0.1, 0.15) is 32.0 Å². The minimum atomic E-state index is -1.20. The number of carbonyl (C=O) groups excluding carboxylic acids is 1. The number of nitro groups is 1. The van der Waals surface area contributed by atoms with Gasteiger partial charge in [-0.1, -0.05) is 18.2 Å². The second kappa shape index (κ2) is 8.55. The largest absolute Gasteiger partial charge is 0.480 e. The number of nitrogens with one attached hydrogen (secondary N) is 1. The van der Waals surface area contributed by atoms with Gasteiger partial charge in [-0.25, -0.2) is 9.59 Å². The lowest BCUT2D eigenvalue weighted by Crippen LogP contribution is -2.45. The number of benzene rings is 1. The lowest BCUT2D eigenvalue weighted by atomic mass is 10.1. The van der Waals surface area contributed by atoms with E-state index in [9.17, 15) is 24.8 Å². The Morgan fingerprint density at radius 3 is 2.54 bits per heavy atom. The van der Waals surface area contributed by atoms with Crippen molar-refractivity contribution in [2.45, 2.75) is 45.4 Å². The van der Waals surface area contributed by atoms with E-state index < -0.39 is 28.6 Å². The zero-order valence-electron chi connectivity index (χ0n) is 15.9. The fourth-order valence-corrected chi connectivity index (χ4v) is 2.65. The van der Waals surface area contributed by atoms with Crippen LogP contribution in [-0.2, 0) is 22.5 Å². The maximum Gasteiger partial charge on any atom is 0.408 e. The van der Waals surface area contributed by atoms with Crippen molar-refractivity contribution in [2.75, 3.05) is 0 Å². The van der Waals surface area contributed by atoms with Crippen LogP contribution in [0.25, 0.3) is 0 Å². The van der Waals surface area contributed by atoms with Crippen LogP contribution >= 0.6 is 0 Å². The first-order valence-corrected chi connectivity index (χ1v) is 8.65. The minimum Gasteiger partial charge on any atom is -0.480 e. The number of ether oxygens (including phenoxy) is 1. The first-order valence-electron chi connectivity index (χ1n) is 8.65. The van der Waals surface area contributed by atoms with Gasteiger partial charge in [-0.2, -0.15) is 0 Å². The van der Waals surface area contributed by atoms with Crippen molar-refractivity contribution in [2.24, 2.45) is 0 Å². The number of hydrogen-bond acceptors (Lipinski definition) is 5. The van der Waals surface area contributed by atoms with Gasteiger partial charge >= 0.3 is 12.1 Å². The quantitative estimate of drug-likeness (QED) is 0.554. The Labute approximate surface area is 162 Å². The van der Waals surface area contributed by atoms with Crippen LogP contribution in [0, 0.1) is 10.1 Å². The van der Waals surface area contributed by atoms with Gasteiger partial charge in [0.05, 0.1) is 11.5 Å². The number of carboxylic acid groups (broad SMARTS) is 1. The molecule has 0 saturated heterocycles. The van der Waals surface area contributed by atoms with Crippen molar-refractivity contribution in [3.63, 3.8) is 0 Å². The summed E-state index contributed by atoms with van der Waals surface area (Å²) < 4.78 is 6.83. The number of amides is 1. The Morgan fingerprint density at radius 2 is 1.93 bits per heavy atom. The summed E-state index contributed by atoms with van der Waals surface area (Å²) in [4.78, 5) is 34.2. The topological polar surface area (TPSA) is 124 Å². The fraction of sp³-hybridized carbons (Fsp3) is 0.368. The number of alkyl carbamates (subject to hydrolysis) is 1. The molecule has 1 aromatic heterocycles. The highest BCUT2D eigenvalue weighted by molar-refractivity contribution is 5.80. The molecule has 0 aliphatic rings. The number of nitrogens with zero attached hydrogens (tertiary/aromatic N) is 2. The van der Waals surface area contributed by atoms with E-state index in [1.807, 2.05) is 0 Å². The number of hydrogen-bond donors (Lipinski definition) is 2. The smallest absolute Gasteiger partial charge is 0.408 e. The van der Waals surface area contributed by atoms with E-state index in [1.54, 1.807) is 61.9 Å². The Balaban J connectivity index is 2.16. The zero-order chi connectivity index (χ0) is 20.9. The molecule has 150 valence electrons. The monoisotopic (exact) mass is 389 g/mol. The van der Waals surface area contributed by atoms with Gasteiger partial charge in [0.15, 0.2) is 0 Å². The van der Waals surface area contributed by atoms with Crippen molar-refractivity contribution in [1.82, 2.24) is 9.88 Å². The summed E-state index contributed by atoms with van der Waals surface area (Å²) in [5, 5.41) is 23.0. The van der Waals surface area contributed by atoms with Crippen molar-refractivity contribution < 1.29 is 24.4 Å². The summed E-state index contributed by atoms with van der Waals surface area (Å²) in [6, 6.07) is 8.59. The van der Waals surface area contributed by atoms with Gasteiger partial charge in [-0.15, -0.1) is 0 Å². The second-order valence-corrected chi connectivity index (χ2v) is 7.25. The molecule has 1 aromatic carbocycles. The molecule has 1 unspecified atom stereocenters. The molecule has 2 N–H and O–H groups in total. The summed E-state index contributed by atoms with van der Waals surface area (Å²) in [6.07, 6.45) is 0.886. The molecule has 1 amide bonds. The zero-order valence-corrected chi connectivity index (χ0v) is 15.9. The molecule has 0 aliphatic heterocycles. The molecule has 0 saturated carbocycles. The predicted octanol–water partition coefficient (Wildman–Crippen LogP) is 2.97. The summed E-state index contributed by atoms with van der Waals surface area (Å²) in [5.41, 5.74) is 0.349. The summed E-state index contributed by atoms with van der Waals surface area (Å²) in [5.74, 6) is -1.20. The van der Waals surface area contributed by atoms with Crippen LogP contribution in [0.4, 0.5) is 10.5 Å². The molecule has 9 heteroatoms. The normalized spacial score (nSPS) is 12.2. The number of aromatic nitrogens is 1. The molecule has 0 fully saturated rings. The van der Waals surface area contributed by atoms with Gasteiger partial charge in [-0.3, -0.25) is 10.1 Å². The molecular weight excluding hydrogens is 366 g/mol. The van der Waals surface area contributed by atoms with Gasteiger partial charge in [-0.05, 0) is 32.9 Å². The molecule has 0 bridgehead atoms. The number of carboxylic acids is 1. The van der Waals surface area contributed by atoms with Crippen molar-refractivity contribution in [1.29, 1.82) is 0 Å². The summed E-state index contributed by atoms with van der Waals surface area (Å²) in [6.45, 7) is 5.25. The third-order valence-corrected chi connectivity index (χ3v) is 3.85. The molecule has 0 radical (unpaired) electrons. The van der Waals surface area contributed by atoms with E-state index >= 15 is 0 Å². The summed E-state index contributed by atoms with van der Waals surface area (Å²) in [7, 11) is 0. The molecule has 0 aliphatic carbocycles. The van der Waals surface area contributed by atoms with Crippen molar-refractivity contribution >= 4 is 17.7 Å². The molecule has 28 heavy (non-hydrogen) atoms. The van der Waals surface area contributed by atoms with Crippen LogP contribution < -0.4 is 5.32 Å². The maximum absolute atomic E-state index is 11.9. The Morgan fingerprint density at radius 1 is 1.25 bits per heavy atom. The summed E-state index contributed by atoms with van der Waals surface area (Å²) >= 11 is 0. The molecular formula is C19H23N3O6. The fourth-order valence-electron chi connectivity index (χ4n) is 2.65. The van der Waals surface area contributed by atoms with Crippen molar-refractivity contribution in [3.05, 3.63) is 64.0 Å². The van der Waals surface area contributed by atoms with E-state index in [0.717, 1.165) is 0 Å². The Kier molecular flexibility index (Phi) is 6.40. The third kappa shape index (κ3) is 5.83. The van der Waals surface area contributed by atoms with E-state index in [1.165, 1.54) is 6.07 Å². The Hall–Kier alpha value is -3.36. The standard InChI is InChI=1S/C19H23N3O6/c1-19(2,3)28-18(25)20-15(17(23)24)11-14-8-6-10-21(14)12-13-7-4-5-9-16(13)22(26)27/h4-10,15H,11-12H2,1-3H3,(H,20,25)(H,23,24). The lowest BCUT2D eigenvalue weighted by molar-refractivity contribution is -0.385. The average Bonchev–Trinajstić information content (AvgIpc) is 2.99. The minimum absolute atomic E-state index is 0.00219. The van der Waals surface area contributed by atoms with E-state index in [4.69, 9.17) is 4.74 Å². The highest BCUT2D eigenvalue weighted by Gasteiger charge is 2.25. The highest BCUT2D eigenvalue weighted by Crippen LogP contribution is 2.20. The van der Waals surface area contributed by atoms with Crippen LogP contribution in [-0.4, -0.2) is 38.3 Å². The SMILES string of the molecule is CC(C)(C)OC(=O)NC(Cc1cccn1Cc1ccccc1[N+](=O)[O-])C(=O)O. The molecule has 2 rings (SSSR count). The van der Waals surface area contributed by atoms with Crippen LogP contribution in [0.3, 0.4) is 0 Å². The van der Waals surface area contributed by atoms with E-state index in [0.29, 0.717) is 11.3 Å². The molecule has 1 atom stereocenters. The first-order chi connectivity index (χ1) is 13.1. The number of nitro benzene ring substituents is 1. The number of rotatable bonds is 7. The van der Waals surface area contributed by atoms with Crippen LogP contribution in [0.5, 0.6) is 0 Å². The number of carbonyl (C=O) groups is 2. The lowest BCUT2D eigenvalue weighted by Gasteiger charge is -2.22. The Bertz CT molecular complexity index is 869. The number of aliphatic carboxylic acids is 1. The van der Waals surface area contributed by atoms with Gasteiger partial charge in [0.1, 0.15) is 11.6 Å². The van der Waals surface area contributed by atoms with Crippen molar-refractivity contribution in [3.8, 4) is 0 Å². The van der Waals surface area contributed by atoms with Crippen LogP contribution in [0.15, 0.2) is 42.6 Å².